The minimum absolute atomic E-state index is 0.165. The number of likely N-dealkylation sites (tertiary alicyclic amines) is 1. The molecule has 1 aliphatic rings. The molecule has 2 aromatic rings. The number of piperidine rings is 1. The summed E-state index contributed by atoms with van der Waals surface area (Å²) < 4.78 is 1.85. The highest BCUT2D eigenvalue weighted by Gasteiger charge is 2.22. The van der Waals surface area contributed by atoms with E-state index in [9.17, 15) is 4.79 Å². The SMILES string of the molecule is Cn1c(SCC(=O)N2CCCCC2)nnc1C(S)c1ncccn1. The van der Waals surface area contributed by atoms with Gasteiger partial charge in [-0.25, -0.2) is 9.97 Å². The predicted octanol–water partition coefficient (Wildman–Crippen LogP) is 1.73. The van der Waals surface area contributed by atoms with E-state index in [1.165, 1.54) is 18.2 Å². The molecule has 9 heteroatoms. The maximum atomic E-state index is 12.3. The van der Waals surface area contributed by atoms with E-state index in [4.69, 9.17) is 0 Å². The van der Waals surface area contributed by atoms with Crippen LogP contribution in [0.4, 0.5) is 0 Å². The van der Waals surface area contributed by atoms with Gasteiger partial charge < -0.3 is 9.47 Å². The molecule has 1 atom stereocenters. The van der Waals surface area contributed by atoms with Crippen molar-refractivity contribution in [3.8, 4) is 0 Å². The second kappa shape index (κ2) is 7.98. The van der Waals surface area contributed by atoms with Crippen LogP contribution < -0.4 is 0 Å². The highest BCUT2D eigenvalue weighted by Crippen LogP contribution is 2.26. The summed E-state index contributed by atoms with van der Waals surface area (Å²) >= 11 is 5.96. The molecule has 3 heterocycles. The topological polar surface area (TPSA) is 76.8 Å². The average Bonchev–Trinajstić information content (AvgIpc) is 3.01. The molecule has 1 fully saturated rings. The fourth-order valence-corrected chi connectivity index (χ4v) is 3.80. The lowest BCUT2D eigenvalue weighted by atomic mass is 10.1. The van der Waals surface area contributed by atoms with E-state index < -0.39 is 0 Å². The Kier molecular flexibility index (Phi) is 5.72. The molecule has 2 aromatic heterocycles. The Morgan fingerprint density at radius 1 is 1.25 bits per heavy atom. The Morgan fingerprint density at radius 2 is 1.96 bits per heavy atom. The molecule has 1 unspecified atom stereocenters. The van der Waals surface area contributed by atoms with Gasteiger partial charge in [-0.1, -0.05) is 11.8 Å². The number of hydrogen-bond donors (Lipinski definition) is 1. The summed E-state index contributed by atoms with van der Waals surface area (Å²) in [6.07, 6.45) is 6.77. The maximum Gasteiger partial charge on any atom is 0.233 e. The van der Waals surface area contributed by atoms with E-state index in [1.54, 1.807) is 18.5 Å². The van der Waals surface area contributed by atoms with Crippen molar-refractivity contribution in [2.24, 2.45) is 7.05 Å². The van der Waals surface area contributed by atoms with Crippen molar-refractivity contribution in [2.75, 3.05) is 18.8 Å². The molecule has 0 aromatic carbocycles. The van der Waals surface area contributed by atoms with Gasteiger partial charge in [-0.3, -0.25) is 4.79 Å². The molecule has 0 radical (unpaired) electrons. The zero-order valence-corrected chi connectivity index (χ0v) is 15.2. The van der Waals surface area contributed by atoms with Crippen molar-refractivity contribution < 1.29 is 4.79 Å². The van der Waals surface area contributed by atoms with E-state index in [-0.39, 0.29) is 11.2 Å². The molecular weight excluding hydrogens is 344 g/mol. The molecule has 0 aliphatic carbocycles. The Morgan fingerprint density at radius 3 is 2.67 bits per heavy atom. The minimum Gasteiger partial charge on any atom is -0.342 e. The van der Waals surface area contributed by atoms with Gasteiger partial charge in [-0.05, 0) is 25.3 Å². The molecule has 3 rings (SSSR count). The lowest BCUT2D eigenvalue weighted by Gasteiger charge is -2.26. The van der Waals surface area contributed by atoms with Gasteiger partial charge in [0.2, 0.25) is 5.91 Å². The minimum atomic E-state index is -0.351. The van der Waals surface area contributed by atoms with E-state index in [1.807, 2.05) is 16.5 Å². The molecule has 1 amide bonds. The second-order valence-electron chi connectivity index (χ2n) is 5.64. The molecule has 0 N–H and O–H groups in total. The van der Waals surface area contributed by atoms with Crippen LogP contribution in [0.2, 0.25) is 0 Å². The van der Waals surface area contributed by atoms with Crippen LogP contribution >= 0.6 is 24.4 Å². The lowest BCUT2D eigenvalue weighted by molar-refractivity contribution is -0.129. The first-order chi connectivity index (χ1) is 11.7. The summed E-state index contributed by atoms with van der Waals surface area (Å²) in [7, 11) is 1.87. The first-order valence-electron chi connectivity index (χ1n) is 7.91. The highest BCUT2D eigenvalue weighted by molar-refractivity contribution is 7.99. The summed E-state index contributed by atoms with van der Waals surface area (Å²) in [6, 6.07) is 1.76. The van der Waals surface area contributed by atoms with Crippen molar-refractivity contribution in [3.05, 3.63) is 30.1 Å². The van der Waals surface area contributed by atoms with Gasteiger partial charge in [0.15, 0.2) is 11.0 Å². The number of thiol groups is 1. The molecule has 0 saturated carbocycles. The molecule has 0 spiro atoms. The molecule has 128 valence electrons. The van der Waals surface area contributed by atoms with Gasteiger partial charge >= 0.3 is 0 Å². The van der Waals surface area contributed by atoms with Gasteiger partial charge in [0.05, 0.1) is 5.75 Å². The van der Waals surface area contributed by atoms with Crippen LogP contribution in [0.15, 0.2) is 23.6 Å². The smallest absolute Gasteiger partial charge is 0.233 e. The number of nitrogens with zero attached hydrogens (tertiary/aromatic N) is 6. The number of aromatic nitrogens is 5. The highest BCUT2D eigenvalue weighted by atomic mass is 32.2. The lowest BCUT2D eigenvalue weighted by Crippen LogP contribution is -2.36. The van der Waals surface area contributed by atoms with Gasteiger partial charge in [0, 0.05) is 32.5 Å². The molecule has 24 heavy (non-hydrogen) atoms. The monoisotopic (exact) mass is 364 g/mol. The molecule has 0 bridgehead atoms. The van der Waals surface area contributed by atoms with E-state index in [0.29, 0.717) is 22.6 Å². The molecule has 1 saturated heterocycles. The Balaban J connectivity index is 1.63. The number of carbonyl (C=O) groups excluding carboxylic acids is 1. The van der Waals surface area contributed by atoms with Crippen LogP contribution in [0.25, 0.3) is 0 Å². The van der Waals surface area contributed by atoms with Crippen LogP contribution in [0.1, 0.15) is 36.2 Å². The van der Waals surface area contributed by atoms with Crippen LogP contribution in [0.5, 0.6) is 0 Å². The predicted molar refractivity (Wildman–Crippen MR) is 95.0 cm³/mol. The number of carbonyl (C=O) groups is 1. The van der Waals surface area contributed by atoms with Gasteiger partial charge in [0.1, 0.15) is 11.1 Å². The first kappa shape index (κ1) is 17.2. The van der Waals surface area contributed by atoms with Gasteiger partial charge in [0.25, 0.3) is 0 Å². The fourth-order valence-electron chi connectivity index (χ4n) is 2.62. The number of hydrogen-bond acceptors (Lipinski definition) is 7. The fraction of sp³-hybridized carbons (Fsp3) is 0.533. The molecular formula is C15H20N6OS2. The zero-order chi connectivity index (χ0) is 16.9. The van der Waals surface area contributed by atoms with Gasteiger partial charge in [-0.15, -0.1) is 10.2 Å². The summed E-state index contributed by atoms with van der Waals surface area (Å²) in [5.74, 6) is 1.79. The van der Waals surface area contributed by atoms with Crippen molar-refractivity contribution in [3.63, 3.8) is 0 Å². The third kappa shape index (κ3) is 3.89. The third-order valence-corrected chi connectivity index (χ3v) is 5.44. The number of thioether (sulfide) groups is 1. The van der Waals surface area contributed by atoms with E-state index in [2.05, 4.69) is 32.8 Å². The summed E-state index contributed by atoms with van der Waals surface area (Å²) in [5.41, 5.74) is 0. The molecule has 7 nitrogen and oxygen atoms in total. The first-order valence-corrected chi connectivity index (χ1v) is 9.42. The summed E-state index contributed by atoms with van der Waals surface area (Å²) in [4.78, 5) is 22.6. The normalized spacial score (nSPS) is 16.2. The molecule has 1 aliphatic heterocycles. The van der Waals surface area contributed by atoms with Crippen molar-refractivity contribution >= 4 is 30.3 Å². The largest absolute Gasteiger partial charge is 0.342 e. The standard InChI is InChI=1S/C15H20N6OS2/c1-20-14(12(23)13-16-6-5-7-17-13)18-19-15(20)24-10-11(22)21-8-3-2-4-9-21/h5-7,12,23H,2-4,8-10H2,1H3. The number of rotatable bonds is 5. The Bertz CT molecular complexity index is 687. The van der Waals surface area contributed by atoms with Crippen LogP contribution in [0.3, 0.4) is 0 Å². The second-order valence-corrected chi connectivity index (χ2v) is 7.10. The van der Waals surface area contributed by atoms with Crippen LogP contribution in [-0.4, -0.2) is 54.4 Å². The van der Waals surface area contributed by atoms with E-state index >= 15 is 0 Å². The Hall–Kier alpha value is -1.61. The van der Waals surface area contributed by atoms with Crippen molar-refractivity contribution in [1.29, 1.82) is 0 Å². The number of amides is 1. The van der Waals surface area contributed by atoms with Crippen LogP contribution in [-0.2, 0) is 11.8 Å². The zero-order valence-electron chi connectivity index (χ0n) is 13.5. The third-order valence-electron chi connectivity index (χ3n) is 3.98. The maximum absolute atomic E-state index is 12.3. The Labute approximate surface area is 150 Å². The summed E-state index contributed by atoms with van der Waals surface area (Å²) in [6.45, 7) is 1.74. The average molecular weight is 364 g/mol. The van der Waals surface area contributed by atoms with E-state index in [0.717, 1.165) is 25.9 Å². The summed E-state index contributed by atoms with van der Waals surface area (Å²) in [5, 5.41) is 8.72. The van der Waals surface area contributed by atoms with Crippen LogP contribution in [0, 0.1) is 0 Å². The van der Waals surface area contributed by atoms with Crippen molar-refractivity contribution in [2.45, 2.75) is 29.7 Å². The quantitative estimate of drug-likeness (QED) is 0.643. The van der Waals surface area contributed by atoms with Gasteiger partial charge in [-0.2, -0.15) is 12.6 Å². The van der Waals surface area contributed by atoms with Crippen molar-refractivity contribution in [1.82, 2.24) is 29.6 Å².